The Kier molecular flexibility index (Phi) is 5.44. The highest BCUT2D eigenvalue weighted by Gasteiger charge is 2.29. The molecule has 1 aromatic carbocycles. The molecule has 0 unspecified atom stereocenters. The minimum absolute atomic E-state index is 0.101. The predicted molar refractivity (Wildman–Crippen MR) is 108 cm³/mol. The highest BCUT2D eigenvalue weighted by atomic mass is 16.5. The number of amides is 4. The molecular formula is C20H17N7O4. The normalized spacial score (nSPS) is 13.2. The van der Waals surface area contributed by atoms with Crippen LogP contribution in [-0.4, -0.2) is 62.9 Å². The molecule has 1 aliphatic heterocycles. The Morgan fingerprint density at radius 2 is 2.26 bits per heavy atom. The molecular weight excluding hydrogens is 402 g/mol. The largest absolute Gasteiger partial charge is 0.497 e. The Hall–Kier alpha value is -4.46. The van der Waals surface area contributed by atoms with Crippen molar-refractivity contribution < 1.29 is 19.1 Å². The summed E-state index contributed by atoms with van der Waals surface area (Å²) in [5.41, 5.74) is 2.78. The number of hydrogen-bond donors (Lipinski definition) is 3. The van der Waals surface area contributed by atoms with Crippen LogP contribution in [0.1, 0.15) is 21.6 Å². The zero-order valence-corrected chi connectivity index (χ0v) is 16.4. The van der Waals surface area contributed by atoms with E-state index in [-0.39, 0.29) is 18.9 Å². The molecule has 1 atom stereocenters. The number of H-pyrrole nitrogens is 1. The van der Waals surface area contributed by atoms with Gasteiger partial charge in [0.2, 0.25) is 6.41 Å². The maximum absolute atomic E-state index is 12.8. The monoisotopic (exact) mass is 419 g/mol. The van der Waals surface area contributed by atoms with Crippen molar-refractivity contribution >= 4 is 29.5 Å². The number of imide groups is 1. The van der Waals surface area contributed by atoms with Gasteiger partial charge in [0.1, 0.15) is 29.3 Å². The van der Waals surface area contributed by atoms with Gasteiger partial charge in [0.15, 0.2) is 5.65 Å². The lowest BCUT2D eigenvalue weighted by atomic mass is 10.1. The highest BCUT2D eigenvalue weighted by Crippen LogP contribution is 2.26. The summed E-state index contributed by atoms with van der Waals surface area (Å²) in [5.74, 6) is 6.17. The third-order valence-electron chi connectivity index (χ3n) is 4.68. The average Bonchev–Trinajstić information content (AvgIpc) is 3.37. The van der Waals surface area contributed by atoms with Crippen LogP contribution in [0.3, 0.4) is 0 Å². The quantitative estimate of drug-likeness (QED) is 0.396. The van der Waals surface area contributed by atoms with Crippen LogP contribution in [-0.2, 0) is 11.3 Å². The van der Waals surface area contributed by atoms with Crippen LogP contribution < -0.4 is 15.4 Å². The standard InChI is InChI=1S/C20H17N7O4/c1-31-14-4-2-12-7-27(19(29)15(12)6-14)8-13(26-20(30)25-11-28)3-5-16-17-18(23-9-21-16)24-10-22-17/h2,4,6,9-11,13H,7-8H2,1H3,(H,21,22,23,24)(H2,25,26,28,30)/t13-/m1/s1. The molecule has 1 aliphatic rings. The van der Waals surface area contributed by atoms with E-state index >= 15 is 0 Å². The Labute approximate surface area is 176 Å². The van der Waals surface area contributed by atoms with Crippen molar-refractivity contribution in [3.05, 3.63) is 47.7 Å². The Bertz CT molecular complexity index is 1230. The van der Waals surface area contributed by atoms with E-state index in [1.54, 1.807) is 17.0 Å². The molecule has 3 aromatic rings. The number of benzene rings is 1. The Morgan fingerprint density at radius 1 is 1.39 bits per heavy atom. The van der Waals surface area contributed by atoms with E-state index < -0.39 is 12.1 Å². The SMILES string of the molecule is COc1ccc2c(c1)C(=O)N(C[C@@H](C#Cc1ncnc3[nH]cnc13)NC(=O)NC=O)C2. The molecule has 4 rings (SSSR count). The first-order valence-electron chi connectivity index (χ1n) is 9.21. The molecule has 11 heteroatoms. The molecule has 0 bridgehead atoms. The molecule has 3 heterocycles. The van der Waals surface area contributed by atoms with Gasteiger partial charge in [-0.1, -0.05) is 12.0 Å². The topological polar surface area (TPSA) is 142 Å². The number of nitrogens with zero attached hydrogens (tertiary/aromatic N) is 4. The lowest BCUT2D eigenvalue weighted by Crippen LogP contribution is -2.46. The molecule has 4 amide bonds. The van der Waals surface area contributed by atoms with Crippen LogP contribution in [0.2, 0.25) is 0 Å². The number of aromatic amines is 1. The number of ether oxygens (including phenoxy) is 1. The number of hydrogen-bond acceptors (Lipinski definition) is 7. The summed E-state index contributed by atoms with van der Waals surface area (Å²) >= 11 is 0. The van der Waals surface area contributed by atoms with Crippen molar-refractivity contribution in [2.45, 2.75) is 12.6 Å². The van der Waals surface area contributed by atoms with E-state index in [9.17, 15) is 14.4 Å². The number of fused-ring (bicyclic) bond motifs is 2. The zero-order valence-electron chi connectivity index (χ0n) is 16.4. The van der Waals surface area contributed by atoms with Gasteiger partial charge in [-0.2, -0.15) is 0 Å². The van der Waals surface area contributed by atoms with Gasteiger partial charge in [-0.15, -0.1) is 0 Å². The maximum Gasteiger partial charge on any atom is 0.322 e. The number of methoxy groups -OCH3 is 1. The second-order valence-electron chi connectivity index (χ2n) is 6.59. The molecule has 11 nitrogen and oxygen atoms in total. The number of carbonyl (C=O) groups is 3. The average molecular weight is 419 g/mol. The predicted octanol–water partition coefficient (Wildman–Crippen LogP) is 0.193. The van der Waals surface area contributed by atoms with E-state index in [1.165, 1.54) is 19.8 Å². The summed E-state index contributed by atoms with van der Waals surface area (Å²) in [4.78, 5) is 52.1. The van der Waals surface area contributed by atoms with E-state index in [0.29, 0.717) is 34.7 Å². The van der Waals surface area contributed by atoms with Crippen molar-refractivity contribution in [1.29, 1.82) is 0 Å². The van der Waals surface area contributed by atoms with Gasteiger partial charge in [0.05, 0.1) is 20.0 Å². The molecule has 0 spiro atoms. The number of urea groups is 1. The Morgan fingerprint density at radius 3 is 3.06 bits per heavy atom. The Balaban J connectivity index is 1.58. The summed E-state index contributed by atoms with van der Waals surface area (Å²) in [5, 5.41) is 4.59. The van der Waals surface area contributed by atoms with Crippen LogP contribution in [0.5, 0.6) is 5.75 Å². The number of rotatable bonds is 5. The van der Waals surface area contributed by atoms with Gasteiger partial charge in [-0.25, -0.2) is 19.7 Å². The van der Waals surface area contributed by atoms with Crippen molar-refractivity contribution in [1.82, 2.24) is 35.5 Å². The molecule has 156 valence electrons. The highest BCUT2D eigenvalue weighted by molar-refractivity contribution is 5.98. The van der Waals surface area contributed by atoms with Crippen molar-refractivity contribution in [3.8, 4) is 17.6 Å². The molecule has 3 N–H and O–H groups in total. The number of imidazole rings is 1. The smallest absolute Gasteiger partial charge is 0.322 e. The third-order valence-corrected chi connectivity index (χ3v) is 4.68. The van der Waals surface area contributed by atoms with E-state index in [4.69, 9.17) is 4.74 Å². The minimum Gasteiger partial charge on any atom is -0.497 e. The molecule has 31 heavy (non-hydrogen) atoms. The van der Waals surface area contributed by atoms with Crippen molar-refractivity contribution in [3.63, 3.8) is 0 Å². The molecule has 0 saturated heterocycles. The van der Waals surface area contributed by atoms with Gasteiger partial charge in [-0.3, -0.25) is 14.9 Å². The molecule has 2 aromatic heterocycles. The summed E-state index contributed by atoms with van der Waals surface area (Å²) in [7, 11) is 1.53. The zero-order chi connectivity index (χ0) is 21.8. The van der Waals surface area contributed by atoms with Gasteiger partial charge >= 0.3 is 6.03 Å². The molecule has 0 aliphatic carbocycles. The molecule has 0 fully saturated rings. The molecule has 0 radical (unpaired) electrons. The fraction of sp³-hybridized carbons (Fsp3) is 0.200. The van der Waals surface area contributed by atoms with Gasteiger partial charge in [0.25, 0.3) is 5.91 Å². The first kappa shape index (κ1) is 19.8. The fourth-order valence-corrected chi connectivity index (χ4v) is 3.23. The number of nitrogens with one attached hydrogen (secondary N) is 3. The lowest BCUT2D eigenvalue weighted by Gasteiger charge is -2.20. The van der Waals surface area contributed by atoms with Crippen molar-refractivity contribution in [2.75, 3.05) is 13.7 Å². The van der Waals surface area contributed by atoms with Crippen LogP contribution in [0.4, 0.5) is 4.79 Å². The first-order valence-corrected chi connectivity index (χ1v) is 9.21. The number of carbonyl (C=O) groups excluding carboxylic acids is 3. The summed E-state index contributed by atoms with van der Waals surface area (Å²) < 4.78 is 5.19. The molecule has 0 saturated carbocycles. The summed E-state index contributed by atoms with van der Waals surface area (Å²) in [6.07, 6.45) is 3.09. The van der Waals surface area contributed by atoms with Gasteiger partial charge in [0, 0.05) is 12.1 Å². The lowest BCUT2D eigenvalue weighted by molar-refractivity contribution is -0.108. The summed E-state index contributed by atoms with van der Waals surface area (Å²) in [6.45, 7) is 0.467. The van der Waals surface area contributed by atoms with E-state index in [0.717, 1.165) is 5.56 Å². The van der Waals surface area contributed by atoms with Crippen LogP contribution in [0.25, 0.3) is 11.2 Å². The maximum atomic E-state index is 12.8. The van der Waals surface area contributed by atoms with E-state index in [2.05, 4.69) is 37.1 Å². The van der Waals surface area contributed by atoms with Crippen LogP contribution in [0, 0.1) is 11.8 Å². The fourth-order valence-electron chi connectivity index (χ4n) is 3.23. The van der Waals surface area contributed by atoms with Gasteiger partial charge in [-0.05, 0) is 23.6 Å². The summed E-state index contributed by atoms with van der Waals surface area (Å²) in [6, 6.07) is 3.79. The van der Waals surface area contributed by atoms with Crippen LogP contribution in [0.15, 0.2) is 30.9 Å². The second kappa shape index (κ2) is 8.50. The van der Waals surface area contributed by atoms with E-state index in [1.807, 2.05) is 11.4 Å². The van der Waals surface area contributed by atoms with Crippen molar-refractivity contribution in [2.24, 2.45) is 0 Å². The first-order chi connectivity index (χ1) is 15.1. The van der Waals surface area contributed by atoms with Gasteiger partial charge < -0.3 is 19.9 Å². The van der Waals surface area contributed by atoms with Crippen LogP contribution >= 0.6 is 0 Å². The second-order valence-corrected chi connectivity index (χ2v) is 6.59. The number of aromatic nitrogens is 4. The minimum atomic E-state index is -0.774. The third kappa shape index (κ3) is 4.13.